The van der Waals surface area contributed by atoms with Crippen molar-refractivity contribution in [2.45, 2.75) is 44.2 Å². The molecule has 1 atom stereocenters. The Morgan fingerprint density at radius 2 is 1.91 bits per heavy atom. The summed E-state index contributed by atoms with van der Waals surface area (Å²) in [5.74, 6) is 0.00284. The summed E-state index contributed by atoms with van der Waals surface area (Å²) < 4.78 is 7.45. The standard InChI is InChI=1S/C24H24BrN3O4/c1-32-23(30)14-20(15-6-8-16(25)9-7-15)27-22(29)13-12-21-26-19-5-3-2-4-18(19)24(31)28(21)17-10-11-17/h2-9,17,20H,10-14H2,1H3,(H,27,29). The van der Waals surface area contributed by atoms with E-state index >= 15 is 0 Å². The van der Waals surface area contributed by atoms with Gasteiger partial charge in [-0.25, -0.2) is 4.98 Å². The minimum Gasteiger partial charge on any atom is -0.469 e. The number of nitrogens with zero attached hydrogens (tertiary/aromatic N) is 2. The number of halogens is 1. The number of fused-ring (bicyclic) bond motifs is 1. The van der Waals surface area contributed by atoms with E-state index in [9.17, 15) is 14.4 Å². The van der Waals surface area contributed by atoms with Gasteiger partial charge in [-0.05, 0) is 42.7 Å². The Hall–Kier alpha value is -3.00. The molecule has 0 bridgehead atoms. The SMILES string of the molecule is COC(=O)CC(NC(=O)CCc1nc2ccccc2c(=O)n1C1CC1)c1ccc(Br)cc1. The van der Waals surface area contributed by atoms with Gasteiger partial charge in [0, 0.05) is 23.4 Å². The van der Waals surface area contributed by atoms with E-state index in [1.807, 2.05) is 42.5 Å². The highest BCUT2D eigenvalue weighted by atomic mass is 79.9. The molecule has 0 radical (unpaired) electrons. The van der Waals surface area contributed by atoms with Crippen LogP contribution < -0.4 is 10.9 Å². The molecule has 8 heteroatoms. The summed E-state index contributed by atoms with van der Waals surface area (Å²) in [6.45, 7) is 0. The largest absolute Gasteiger partial charge is 0.469 e. The first-order chi connectivity index (χ1) is 15.5. The second-order valence-corrected chi connectivity index (χ2v) is 8.82. The lowest BCUT2D eigenvalue weighted by Gasteiger charge is -2.19. The maximum Gasteiger partial charge on any atom is 0.307 e. The Bertz CT molecular complexity index is 1200. The molecule has 1 fully saturated rings. The lowest BCUT2D eigenvalue weighted by atomic mass is 10.0. The van der Waals surface area contributed by atoms with Crippen LogP contribution in [0, 0.1) is 0 Å². The summed E-state index contributed by atoms with van der Waals surface area (Å²) in [5.41, 5.74) is 1.40. The van der Waals surface area contributed by atoms with E-state index in [1.165, 1.54) is 7.11 Å². The summed E-state index contributed by atoms with van der Waals surface area (Å²) in [6, 6.07) is 14.4. The molecule has 1 N–H and O–H groups in total. The smallest absolute Gasteiger partial charge is 0.307 e. The van der Waals surface area contributed by atoms with Crippen LogP contribution >= 0.6 is 15.9 Å². The first-order valence-electron chi connectivity index (χ1n) is 10.6. The highest BCUT2D eigenvalue weighted by Crippen LogP contribution is 2.35. The van der Waals surface area contributed by atoms with Gasteiger partial charge in [-0.3, -0.25) is 19.0 Å². The number of benzene rings is 2. The van der Waals surface area contributed by atoms with E-state index in [4.69, 9.17) is 4.74 Å². The Morgan fingerprint density at radius 1 is 1.19 bits per heavy atom. The Balaban J connectivity index is 1.51. The summed E-state index contributed by atoms with van der Waals surface area (Å²) in [4.78, 5) is 42.3. The fourth-order valence-corrected chi connectivity index (χ4v) is 4.03. The molecule has 0 aliphatic heterocycles. The van der Waals surface area contributed by atoms with Crippen molar-refractivity contribution in [2.75, 3.05) is 7.11 Å². The fourth-order valence-electron chi connectivity index (χ4n) is 3.77. The number of ether oxygens (including phenoxy) is 1. The maximum atomic E-state index is 13.0. The molecule has 32 heavy (non-hydrogen) atoms. The zero-order chi connectivity index (χ0) is 22.7. The van der Waals surface area contributed by atoms with E-state index < -0.39 is 12.0 Å². The van der Waals surface area contributed by atoms with Crippen molar-refractivity contribution in [3.05, 3.63) is 74.7 Å². The number of rotatable bonds is 8. The molecule has 1 aliphatic carbocycles. The minimum atomic E-state index is -0.502. The van der Waals surface area contributed by atoms with Crippen molar-refractivity contribution in [1.29, 1.82) is 0 Å². The van der Waals surface area contributed by atoms with Crippen LogP contribution in [0.1, 0.15) is 49.2 Å². The van der Waals surface area contributed by atoms with Crippen LogP contribution in [0.15, 0.2) is 57.8 Å². The average molecular weight is 498 g/mol. The molecule has 1 aromatic heterocycles. The van der Waals surface area contributed by atoms with E-state index in [0.29, 0.717) is 23.1 Å². The molecule has 2 aromatic carbocycles. The summed E-state index contributed by atoms with van der Waals surface area (Å²) >= 11 is 3.39. The third-order valence-corrected chi connectivity index (χ3v) is 6.10. The lowest BCUT2D eigenvalue weighted by Crippen LogP contribution is -2.31. The molecule has 0 spiro atoms. The third kappa shape index (κ3) is 5.07. The van der Waals surface area contributed by atoms with E-state index in [1.54, 1.807) is 10.6 Å². The number of hydrogen-bond donors (Lipinski definition) is 1. The molecule has 1 unspecified atom stereocenters. The number of aryl methyl sites for hydroxylation is 1. The molecule has 0 saturated heterocycles. The average Bonchev–Trinajstić information content (AvgIpc) is 3.63. The van der Waals surface area contributed by atoms with Gasteiger partial charge in [-0.15, -0.1) is 0 Å². The highest BCUT2D eigenvalue weighted by molar-refractivity contribution is 9.10. The van der Waals surface area contributed by atoms with Crippen LogP contribution in [-0.4, -0.2) is 28.5 Å². The lowest BCUT2D eigenvalue weighted by molar-refractivity contribution is -0.141. The number of carbonyl (C=O) groups is 2. The number of para-hydroxylation sites is 1. The van der Waals surface area contributed by atoms with Gasteiger partial charge in [0.15, 0.2) is 0 Å². The van der Waals surface area contributed by atoms with Crippen molar-refractivity contribution in [1.82, 2.24) is 14.9 Å². The van der Waals surface area contributed by atoms with Crippen molar-refractivity contribution in [2.24, 2.45) is 0 Å². The highest BCUT2D eigenvalue weighted by Gasteiger charge is 2.28. The van der Waals surface area contributed by atoms with Crippen LogP contribution in [0.3, 0.4) is 0 Å². The molecule has 1 heterocycles. The summed E-state index contributed by atoms with van der Waals surface area (Å²) in [6.07, 6.45) is 2.43. The van der Waals surface area contributed by atoms with Gasteiger partial charge < -0.3 is 10.1 Å². The second-order valence-electron chi connectivity index (χ2n) is 7.90. The summed E-state index contributed by atoms with van der Waals surface area (Å²) in [5, 5.41) is 3.53. The van der Waals surface area contributed by atoms with Crippen LogP contribution in [-0.2, 0) is 20.7 Å². The zero-order valence-electron chi connectivity index (χ0n) is 17.7. The van der Waals surface area contributed by atoms with E-state index in [0.717, 1.165) is 22.9 Å². The molecular formula is C24H24BrN3O4. The first kappa shape index (κ1) is 22.2. The normalized spacial score (nSPS) is 14.2. The molecule has 7 nitrogen and oxygen atoms in total. The molecule has 1 saturated carbocycles. The molecule has 166 valence electrons. The number of methoxy groups -OCH3 is 1. The number of hydrogen-bond acceptors (Lipinski definition) is 5. The number of esters is 1. The van der Waals surface area contributed by atoms with Gasteiger partial charge in [0.1, 0.15) is 5.82 Å². The van der Waals surface area contributed by atoms with Gasteiger partial charge in [0.25, 0.3) is 5.56 Å². The van der Waals surface area contributed by atoms with Crippen LogP contribution in [0.2, 0.25) is 0 Å². The molecule has 1 aliphatic rings. The van der Waals surface area contributed by atoms with Gasteiger partial charge in [0.05, 0.1) is 30.5 Å². The van der Waals surface area contributed by atoms with Gasteiger partial charge in [-0.2, -0.15) is 0 Å². The molecule has 3 aromatic rings. The number of nitrogens with one attached hydrogen (secondary N) is 1. The van der Waals surface area contributed by atoms with Gasteiger partial charge in [-0.1, -0.05) is 40.2 Å². The fraction of sp³-hybridized carbons (Fsp3) is 0.333. The van der Waals surface area contributed by atoms with E-state index in [2.05, 4.69) is 26.2 Å². The Labute approximate surface area is 193 Å². The number of aromatic nitrogens is 2. The predicted octanol–water partition coefficient (Wildman–Crippen LogP) is 3.85. The van der Waals surface area contributed by atoms with Crippen molar-refractivity contribution >= 4 is 38.7 Å². The summed E-state index contributed by atoms with van der Waals surface area (Å²) in [7, 11) is 1.32. The van der Waals surface area contributed by atoms with Gasteiger partial charge in [0.2, 0.25) is 5.91 Å². The van der Waals surface area contributed by atoms with Crippen molar-refractivity contribution < 1.29 is 14.3 Å². The van der Waals surface area contributed by atoms with E-state index in [-0.39, 0.29) is 30.3 Å². The predicted molar refractivity (Wildman–Crippen MR) is 124 cm³/mol. The zero-order valence-corrected chi connectivity index (χ0v) is 19.3. The quantitative estimate of drug-likeness (QED) is 0.477. The molecule has 4 rings (SSSR count). The number of carbonyl (C=O) groups excluding carboxylic acids is 2. The third-order valence-electron chi connectivity index (χ3n) is 5.57. The van der Waals surface area contributed by atoms with Crippen molar-refractivity contribution in [3.8, 4) is 0 Å². The first-order valence-corrected chi connectivity index (χ1v) is 11.4. The van der Waals surface area contributed by atoms with Crippen LogP contribution in [0.5, 0.6) is 0 Å². The minimum absolute atomic E-state index is 0.0326. The Morgan fingerprint density at radius 3 is 2.59 bits per heavy atom. The maximum absolute atomic E-state index is 13.0. The molecular weight excluding hydrogens is 474 g/mol. The molecule has 1 amide bonds. The topological polar surface area (TPSA) is 90.3 Å². The number of amides is 1. The van der Waals surface area contributed by atoms with Gasteiger partial charge >= 0.3 is 5.97 Å². The van der Waals surface area contributed by atoms with Crippen LogP contribution in [0.25, 0.3) is 10.9 Å². The van der Waals surface area contributed by atoms with Crippen LogP contribution in [0.4, 0.5) is 0 Å². The Kier molecular flexibility index (Phi) is 6.69. The van der Waals surface area contributed by atoms with Crippen molar-refractivity contribution in [3.63, 3.8) is 0 Å². The second kappa shape index (κ2) is 9.65. The monoisotopic (exact) mass is 497 g/mol.